The summed E-state index contributed by atoms with van der Waals surface area (Å²) in [5, 5.41) is 3.34. The highest BCUT2D eigenvalue weighted by Gasteiger charge is 2.31. The highest BCUT2D eigenvalue weighted by atomic mass is 16.5. The molecule has 0 radical (unpaired) electrons. The number of para-hydroxylation sites is 1. The van der Waals surface area contributed by atoms with Crippen molar-refractivity contribution in [1.29, 1.82) is 0 Å². The molecule has 1 atom stereocenters. The lowest BCUT2D eigenvalue weighted by atomic mass is 10.0. The van der Waals surface area contributed by atoms with Gasteiger partial charge in [-0.25, -0.2) is 4.79 Å². The van der Waals surface area contributed by atoms with E-state index in [4.69, 9.17) is 9.47 Å². The second-order valence-corrected chi connectivity index (χ2v) is 4.81. The van der Waals surface area contributed by atoms with Crippen molar-refractivity contribution in [3.05, 3.63) is 29.8 Å². The van der Waals surface area contributed by atoms with Gasteiger partial charge in [0, 0.05) is 25.2 Å². The van der Waals surface area contributed by atoms with Gasteiger partial charge < -0.3 is 14.8 Å². The first-order chi connectivity index (χ1) is 9.77. The molecule has 5 heteroatoms. The predicted octanol–water partition coefficient (Wildman–Crippen LogP) is 1.20. The number of carbonyl (C=O) groups excluding carboxylic acids is 1. The molecule has 1 N–H and O–H groups in total. The summed E-state index contributed by atoms with van der Waals surface area (Å²) in [6.45, 7) is 3.54. The van der Waals surface area contributed by atoms with Crippen LogP contribution in [-0.2, 0) is 9.53 Å². The van der Waals surface area contributed by atoms with Crippen molar-refractivity contribution < 1.29 is 14.3 Å². The molecule has 1 aliphatic heterocycles. The Balaban J connectivity index is 2.33. The van der Waals surface area contributed by atoms with Crippen LogP contribution in [0.4, 0.5) is 0 Å². The van der Waals surface area contributed by atoms with Gasteiger partial charge in [-0.1, -0.05) is 18.2 Å². The molecule has 110 valence electrons. The Morgan fingerprint density at radius 1 is 1.25 bits per heavy atom. The lowest BCUT2D eigenvalue weighted by Gasteiger charge is -2.29. The Bertz CT molecular complexity index is 442. The van der Waals surface area contributed by atoms with E-state index >= 15 is 0 Å². The molecule has 1 aromatic rings. The molecule has 1 heterocycles. The van der Waals surface area contributed by atoms with Gasteiger partial charge in [-0.15, -0.1) is 0 Å². The fourth-order valence-electron chi connectivity index (χ4n) is 2.60. The number of carbonyl (C=O) groups is 1. The number of hydrogen-bond acceptors (Lipinski definition) is 5. The van der Waals surface area contributed by atoms with Gasteiger partial charge in [-0.3, -0.25) is 4.90 Å². The molecule has 1 saturated heterocycles. The summed E-state index contributed by atoms with van der Waals surface area (Å²) in [6.07, 6.45) is 1.02. The van der Waals surface area contributed by atoms with Crippen LogP contribution < -0.4 is 10.1 Å². The summed E-state index contributed by atoms with van der Waals surface area (Å²) in [6, 6.07) is 7.22. The topological polar surface area (TPSA) is 50.8 Å². The molecule has 20 heavy (non-hydrogen) atoms. The standard InChI is InChI=1S/C15H22N2O3/c1-19-13-7-4-3-6-12(13)14(15(18)20-2)17-10-5-8-16-9-11-17/h3-4,6-7,14,16H,5,8-11H2,1-2H3. The third-order valence-corrected chi connectivity index (χ3v) is 3.60. The number of nitrogens with one attached hydrogen (secondary N) is 1. The van der Waals surface area contributed by atoms with Gasteiger partial charge in [0.2, 0.25) is 0 Å². The minimum absolute atomic E-state index is 0.239. The van der Waals surface area contributed by atoms with Crippen LogP contribution in [0, 0.1) is 0 Å². The average Bonchev–Trinajstić information content (AvgIpc) is 2.77. The van der Waals surface area contributed by atoms with Crippen LogP contribution in [0.3, 0.4) is 0 Å². The van der Waals surface area contributed by atoms with Gasteiger partial charge in [-0.05, 0) is 19.0 Å². The highest BCUT2D eigenvalue weighted by molar-refractivity contribution is 5.78. The zero-order valence-corrected chi connectivity index (χ0v) is 12.1. The minimum atomic E-state index is -0.406. The minimum Gasteiger partial charge on any atom is -0.496 e. The lowest BCUT2D eigenvalue weighted by Crippen LogP contribution is -2.37. The molecular formula is C15H22N2O3. The van der Waals surface area contributed by atoms with E-state index in [1.54, 1.807) is 7.11 Å². The van der Waals surface area contributed by atoms with Crippen LogP contribution in [0.5, 0.6) is 5.75 Å². The summed E-state index contributed by atoms with van der Waals surface area (Å²) in [4.78, 5) is 14.4. The zero-order valence-electron chi connectivity index (χ0n) is 12.1. The molecule has 1 fully saturated rings. The first-order valence-electron chi connectivity index (χ1n) is 6.93. The third kappa shape index (κ3) is 3.29. The van der Waals surface area contributed by atoms with Gasteiger partial charge in [0.15, 0.2) is 0 Å². The number of rotatable bonds is 4. The smallest absolute Gasteiger partial charge is 0.327 e. The van der Waals surface area contributed by atoms with E-state index in [1.165, 1.54) is 7.11 Å². The first kappa shape index (κ1) is 14.8. The van der Waals surface area contributed by atoms with Crippen molar-refractivity contribution in [2.75, 3.05) is 40.4 Å². The molecular weight excluding hydrogens is 256 g/mol. The Morgan fingerprint density at radius 2 is 2.05 bits per heavy atom. The number of ether oxygens (including phenoxy) is 2. The van der Waals surface area contributed by atoms with E-state index < -0.39 is 6.04 Å². The van der Waals surface area contributed by atoms with Gasteiger partial charge in [0.25, 0.3) is 0 Å². The normalized spacial score (nSPS) is 18.1. The average molecular weight is 278 g/mol. The summed E-state index contributed by atoms with van der Waals surface area (Å²) >= 11 is 0. The molecule has 1 unspecified atom stereocenters. The van der Waals surface area contributed by atoms with Crippen molar-refractivity contribution in [2.45, 2.75) is 12.5 Å². The largest absolute Gasteiger partial charge is 0.496 e. The number of hydrogen-bond donors (Lipinski definition) is 1. The van der Waals surface area contributed by atoms with Crippen LogP contribution in [0.15, 0.2) is 24.3 Å². The maximum atomic E-state index is 12.3. The molecule has 0 aromatic heterocycles. The number of nitrogens with zero attached hydrogens (tertiary/aromatic N) is 1. The SMILES string of the molecule is COC(=O)C(c1ccccc1OC)N1CCCNCC1. The Morgan fingerprint density at radius 3 is 2.80 bits per heavy atom. The van der Waals surface area contributed by atoms with E-state index in [-0.39, 0.29) is 5.97 Å². The van der Waals surface area contributed by atoms with E-state index in [1.807, 2.05) is 24.3 Å². The monoisotopic (exact) mass is 278 g/mol. The number of methoxy groups -OCH3 is 2. The van der Waals surface area contributed by atoms with Crippen molar-refractivity contribution in [3.8, 4) is 5.75 Å². The van der Waals surface area contributed by atoms with Gasteiger partial charge in [0.05, 0.1) is 14.2 Å². The number of esters is 1. The summed E-state index contributed by atoms with van der Waals surface area (Å²) in [5.41, 5.74) is 0.865. The van der Waals surface area contributed by atoms with Crippen molar-refractivity contribution in [1.82, 2.24) is 10.2 Å². The maximum Gasteiger partial charge on any atom is 0.327 e. The molecule has 0 saturated carbocycles. The van der Waals surface area contributed by atoms with Gasteiger partial charge >= 0.3 is 5.97 Å². The molecule has 0 aliphatic carbocycles. The van der Waals surface area contributed by atoms with E-state index in [0.29, 0.717) is 0 Å². The first-order valence-corrected chi connectivity index (χ1v) is 6.93. The number of benzene rings is 1. The summed E-state index contributed by atoms with van der Waals surface area (Å²) in [7, 11) is 3.05. The summed E-state index contributed by atoms with van der Waals surface area (Å²) in [5.74, 6) is 0.483. The molecule has 1 aliphatic rings. The van der Waals surface area contributed by atoms with Crippen LogP contribution in [0.2, 0.25) is 0 Å². The van der Waals surface area contributed by atoms with Gasteiger partial charge in [0.1, 0.15) is 11.8 Å². The van der Waals surface area contributed by atoms with Crippen molar-refractivity contribution in [2.24, 2.45) is 0 Å². The second kappa shape index (κ2) is 7.26. The maximum absolute atomic E-state index is 12.3. The fraction of sp³-hybridized carbons (Fsp3) is 0.533. The van der Waals surface area contributed by atoms with E-state index in [9.17, 15) is 4.79 Å². The van der Waals surface area contributed by atoms with Crippen molar-refractivity contribution >= 4 is 5.97 Å². The molecule has 1 aromatic carbocycles. The van der Waals surface area contributed by atoms with Gasteiger partial charge in [-0.2, -0.15) is 0 Å². The molecule has 0 spiro atoms. The van der Waals surface area contributed by atoms with Crippen molar-refractivity contribution in [3.63, 3.8) is 0 Å². The van der Waals surface area contributed by atoms with E-state index in [2.05, 4.69) is 10.2 Å². The van der Waals surface area contributed by atoms with Crippen LogP contribution >= 0.6 is 0 Å². The molecule has 5 nitrogen and oxygen atoms in total. The van der Waals surface area contributed by atoms with E-state index in [0.717, 1.165) is 43.9 Å². The fourth-order valence-corrected chi connectivity index (χ4v) is 2.60. The quantitative estimate of drug-likeness (QED) is 0.839. The Kier molecular flexibility index (Phi) is 5.38. The zero-order chi connectivity index (χ0) is 14.4. The molecule has 2 rings (SSSR count). The van der Waals surface area contributed by atoms with Crippen LogP contribution in [-0.4, -0.2) is 51.3 Å². The third-order valence-electron chi connectivity index (χ3n) is 3.60. The molecule has 0 bridgehead atoms. The van der Waals surface area contributed by atoms with Crippen LogP contribution in [0.1, 0.15) is 18.0 Å². The highest BCUT2D eigenvalue weighted by Crippen LogP contribution is 2.30. The Labute approximate surface area is 119 Å². The van der Waals surface area contributed by atoms with Crippen LogP contribution in [0.25, 0.3) is 0 Å². The Hall–Kier alpha value is -1.59. The summed E-state index contributed by atoms with van der Waals surface area (Å²) < 4.78 is 10.4. The second-order valence-electron chi connectivity index (χ2n) is 4.81. The lowest BCUT2D eigenvalue weighted by molar-refractivity contribution is -0.147. The predicted molar refractivity (Wildman–Crippen MR) is 76.8 cm³/mol. The molecule has 0 amide bonds.